The molecule has 0 saturated heterocycles. The van der Waals surface area contributed by atoms with E-state index in [0.717, 1.165) is 37.0 Å². The maximum atomic E-state index is 11.7. The van der Waals surface area contributed by atoms with Gasteiger partial charge in [-0.2, -0.15) is 5.10 Å². The summed E-state index contributed by atoms with van der Waals surface area (Å²) >= 11 is 0. The van der Waals surface area contributed by atoms with Crippen LogP contribution >= 0.6 is 0 Å². The Morgan fingerprint density at radius 2 is 1.83 bits per heavy atom. The number of nitrogens with one attached hydrogen (secondary N) is 2. The molecule has 0 aliphatic heterocycles. The molecule has 0 spiro atoms. The fraction of sp³-hybridized carbons (Fsp3) is 0.471. The van der Waals surface area contributed by atoms with E-state index in [1.165, 1.54) is 6.21 Å². The first kappa shape index (κ1) is 17.0. The number of hydrogen-bond donors (Lipinski definition) is 2. The normalized spacial score (nSPS) is 15.1. The molecule has 1 aliphatic carbocycles. The number of ether oxygens (including phenoxy) is 1. The van der Waals surface area contributed by atoms with Gasteiger partial charge in [-0.25, -0.2) is 5.43 Å². The summed E-state index contributed by atoms with van der Waals surface area (Å²) < 4.78 is 5.54. The SMILES string of the molecule is CC(C)Oc1ccc(/C=N/NC(=O)C(=O)NC2CCCC2)cc1. The average molecular weight is 317 g/mol. The zero-order valence-electron chi connectivity index (χ0n) is 13.5. The first-order valence-corrected chi connectivity index (χ1v) is 7.95. The molecular weight excluding hydrogens is 294 g/mol. The van der Waals surface area contributed by atoms with Crippen molar-refractivity contribution in [1.82, 2.24) is 10.7 Å². The summed E-state index contributed by atoms with van der Waals surface area (Å²) in [6.07, 6.45) is 5.68. The minimum Gasteiger partial charge on any atom is -0.491 e. The van der Waals surface area contributed by atoms with E-state index >= 15 is 0 Å². The van der Waals surface area contributed by atoms with E-state index in [4.69, 9.17) is 4.74 Å². The maximum absolute atomic E-state index is 11.7. The monoisotopic (exact) mass is 317 g/mol. The summed E-state index contributed by atoms with van der Waals surface area (Å²) in [6, 6.07) is 7.43. The van der Waals surface area contributed by atoms with Gasteiger partial charge in [-0.3, -0.25) is 9.59 Å². The predicted octanol–water partition coefficient (Wildman–Crippen LogP) is 1.98. The molecule has 1 aliphatic rings. The summed E-state index contributed by atoms with van der Waals surface area (Å²) in [6.45, 7) is 3.92. The molecule has 0 bridgehead atoms. The van der Waals surface area contributed by atoms with E-state index < -0.39 is 11.8 Å². The van der Waals surface area contributed by atoms with Crippen LogP contribution in [0.3, 0.4) is 0 Å². The number of carbonyl (C=O) groups excluding carboxylic acids is 2. The van der Waals surface area contributed by atoms with Gasteiger partial charge in [0.2, 0.25) is 0 Å². The standard InChI is InChI=1S/C17H23N3O3/c1-12(2)23-15-9-7-13(8-10-15)11-18-20-17(22)16(21)19-14-5-3-4-6-14/h7-12,14H,3-6H2,1-2H3,(H,19,21)(H,20,22)/b18-11+. The second-order valence-electron chi connectivity index (χ2n) is 5.89. The second kappa shape index (κ2) is 8.31. The summed E-state index contributed by atoms with van der Waals surface area (Å²) in [5.41, 5.74) is 3.04. The molecule has 6 nitrogen and oxygen atoms in total. The molecule has 6 heteroatoms. The highest BCUT2D eigenvalue weighted by atomic mass is 16.5. The van der Waals surface area contributed by atoms with E-state index in [9.17, 15) is 9.59 Å². The molecule has 1 fully saturated rings. The third-order valence-corrected chi connectivity index (χ3v) is 3.53. The minimum absolute atomic E-state index is 0.116. The van der Waals surface area contributed by atoms with Gasteiger partial charge in [0.05, 0.1) is 12.3 Å². The molecule has 2 N–H and O–H groups in total. The van der Waals surface area contributed by atoms with Crippen LogP contribution in [0.15, 0.2) is 29.4 Å². The van der Waals surface area contributed by atoms with Crippen molar-refractivity contribution in [3.05, 3.63) is 29.8 Å². The Morgan fingerprint density at radius 1 is 1.17 bits per heavy atom. The molecule has 1 saturated carbocycles. The van der Waals surface area contributed by atoms with Crippen molar-refractivity contribution in [2.75, 3.05) is 0 Å². The van der Waals surface area contributed by atoms with Crippen LogP contribution in [-0.2, 0) is 9.59 Å². The Bertz CT molecular complexity index is 561. The zero-order valence-corrected chi connectivity index (χ0v) is 13.5. The zero-order chi connectivity index (χ0) is 16.7. The average Bonchev–Trinajstić information content (AvgIpc) is 3.01. The van der Waals surface area contributed by atoms with Gasteiger partial charge in [-0.05, 0) is 56.5 Å². The molecule has 23 heavy (non-hydrogen) atoms. The molecule has 0 radical (unpaired) electrons. The Kier molecular flexibility index (Phi) is 6.14. The molecule has 1 aromatic rings. The number of benzene rings is 1. The number of hydrogen-bond acceptors (Lipinski definition) is 4. The van der Waals surface area contributed by atoms with E-state index in [1.807, 2.05) is 38.1 Å². The minimum atomic E-state index is -0.743. The third-order valence-electron chi connectivity index (χ3n) is 3.53. The molecule has 2 rings (SSSR count). The van der Waals surface area contributed by atoms with Crippen LogP contribution in [0.5, 0.6) is 5.75 Å². The lowest BCUT2D eigenvalue weighted by molar-refractivity contribution is -0.139. The van der Waals surface area contributed by atoms with Gasteiger partial charge in [-0.15, -0.1) is 0 Å². The molecular formula is C17H23N3O3. The first-order chi connectivity index (χ1) is 11.0. The topological polar surface area (TPSA) is 79.8 Å². The van der Waals surface area contributed by atoms with Crippen molar-refractivity contribution in [3.8, 4) is 5.75 Å². The predicted molar refractivity (Wildman–Crippen MR) is 88.3 cm³/mol. The van der Waals surface area contributed by atoms with E-state index in [0.29, 0.717) is 0 Å². The number of amides is 2. The molecule has 0 aromatic heterocycles. The fourth-order valence-electron chi connectivity index (χ4n) is 2.44. The summed E-state index contributed by atoms with van der Waals surface area (Å²) in [4.78, 5) is 23.3. The van der Waals surface area contributed by atoms with Gasteiger partial charge >= 0.3 is 11.8 Å². The van der Waals surface area contributed by atoms with E-state index in [-0.39, 0.29) is 12.1 Å². The molecule has 0 atom stereocenters. The van der Waals surface area contributed by atoms with Crippen LogP contribution in [0.1, 0.15) is 45.1 Å². The lowest BCUT2D eigenvalue weighted by Crippen LogP contribution is -2.42. The van der Waals surface area contributed by atoms with Crippen molar-refractivity contribution >= 4 is 18.0 Å². The van der Waals surface area contributed by atoms with Gasteiger partial charge in [0, 0.05) is 6.04 Å². The quantitative estimate of drug-likeness (QED) is 0.495. The summed E-state index contributed by atoms with van der Waals surface area (Å²) in [5.74, 6) is -0.597. The Labute approximate surface area is 136 Å². The number of carbonyl (C=O) groups is 2. The van der Waals surface area contributed by atoms with Gasteiger partial charge < -0.3 is 10.1 Å². The number of rotatable bonds is 5. The molecule has 0 heterocycles. The van der Waals surface area contributed by atoms with E-state index in [1.54, 1.807) is 0 Å². The Morgan fingerprint density at radius 3 is 2.43 bits per heavy atom. The number of hydrazone groups is 1. The summed E-state index contributed by atoms with van der Waals surface area (Å²) in [5, 5.41) is 6.51. The van der Waals surface area contributed by atoms with Gasteiger partial charge in [0.15, 0.2) is 0 Å². The molecule has 0 unspecified atom stereocenters. The van der Waals surface area contributed by atoms with Crippen molar-refractivity contribution in [2.45, 2.75) is 51.7 Å². The molecule has 2 amide bonds. The third kappa shape index (κ3) is 5.73. The largest absolute Gasteiger partial charge is 0.491 e. The van der Waals surface area contributed by atoms with Crippen LogP contribution in [0, 0.1) is 0 Å². The Balaban J connectivity index is 1.78. The maximum Gasteiger partial charge on any atom is 0.329 e. The lowest BCUT2D eigenvalue weighted by atomic mass is 10.2. The smallest absolute Gasteiger partial charge is 0.329 e. The lowest BCUT2D eigenvalue weighted by Gasteiger charge is -2.10. The summed E-state index contributed by atoms with van der Waals surface area (Å²) in [7, 11) is 0. The second-order valence-corrected chi connectivity index (χ2v) is 5.89. The number of nitrogens with zero attached hydrogens (tertiary/aromatic N) is 1. The van der Waals surface area contributed by atoms with Gasteiger partial charge in [0.1, 0.15) is 5.75 Å². The van der Waals surface area contributed by atoms with Crippen LogP contribution in [0.4, 0.5) is 0 Å². The van der Waals surface area contributed by atoms with Crippen LogP contribution < -0.4 is 15.5 Å². The van der Waals surface area contributed by atoms with E-state index in [2.05, 4.69) is 15.8 Å². The first-order valence-electron chi connectivity index (χ1n) is 7.95. The van der Waals surface area contributed by atoms with Gasteiger partial charge in [0.25, 0.3) is 0 Å². The highest BCUT2D eigenvalue weighted by Crippen LogP contribution is 2.17. The fourth-order valence-corrected chi connectivity index (χ4v) is 2.44. The Hall–Kier alpha value is -2.37. The van der Waals surface area contributed by atoms with Crippen molar-refractivity contribution in [1.29, 1.82) is 0 Å². The highest BCUT2D eigenvalue weighted by Gasteiger charge is 2.20. The van der Waals surface area contributed by atoms with Crippen LogP contribution in [-0.4, -0.2) is 30.2 Å². The molecule has 124 valence electrons. The van der Waals surface area contributed by atoms with Crippen molar-refractivity contribution < 1.29 is 14.3 Å². The van der Waals surface area contributed by atoms with Crippen LogP contribution in [0.2, 0.25) is 0 Å². The van der Waals surface area contributed by atoms with Crippen molar-refractivity contribution in [2.24, 2.45) is 5.10 Å². The molecule has 1 aromatic carbocycles. The van der Waals surface area contributed by atoms with Crippen molar-refractivity contribution in [3.63, 3.8) is 0 Å². The van der Waals surface area contributed by atoms with Crippen LogP contribution in [0.25, 0.3) is 0 Å². The highest BCUT2D eigenvalue weighted by molar-refractivity contribution is 6.35. The van der Waals surface area contributed by atoms with Gasteiger partial charge in [-0.1, -0.05) is 12.8 Å².